The lowest BCUT2D eigenvalue weighted by atomic mass is 10.3. The Hall–Kier alpha value is -3.72. The maximum absolute atomic E-state index is 13.4. The topological polar surface area (TPSA) is 78.0 Å². The highest BCUT2D eigenvalue weighted by atomic mass is 35.5. The standard InChI is InChI=1S/C22H17ClF2N4O3/c1-12-9-18-20(27(12)2)21(31)29(15-6-3-13(24)4-7-15)22(32)28(18)11-19(30)26-14-5-8-17(25)16(23)10-14/h3-10H,11H2,1-2H3,(H,26,30). The quantitative estimate of drug-likeness (QED) is 0.509. The number of carbonyl (C=O) groups excluding carboxylic acids is 1. The first-order chi connectivity index (χ1) is 15.2. The Bertz CT molecular complexity index is 1490. The van der Waals surface area contributed by atoms with Gasteiger partial charge in [0, 0.05) is 18.4 Å². The van der Waals surface area contributed by atoms with Crippen molar-refractivity contribution in [3.8, 4) is 5.69 Å². The first kappa shape index (κ1) is 21.5. The molecule has 0 saturated heterocycles. The lowest BCUT2D eigenvalue weighted by Crippen LogP contribution is -2.41. The van der Waals surface area contributed by atoms with Crippen molar-refractivity contribution >= 4 is 34.2 Å². The number of hydrogen-bond acceptors (Lipinski definition) is 3. The minimum atomic E-state index is -0.757. The largest absolute Gasteiger partial charge is 0.342 e. The number of aryl methyl sites for hydroxylation is 2. The van der Waals surface area contributed by atoms with Gasteiger partial charge in [-0.2, -0.15) is 0 Å². The van der Waals surface area contributed by atoms with Crippen LogP contribution in [0.2, 0.25) is 5.02 Å². The maximum atomic E-state index is 13.4. The highest BCUT2D eigenvalue weighted by Gasteiger charge is 2.20. The van der Waals surface area contributed by atoms with E-state index in [2.05, 4.69) is 5.32 Å². The van der Waals surface area contributed by atoms with Gasteiger partial charge in [-0.05, 0) is 55.5 Å². The van der Waals surface area contributed by atoms with Gasteiger partial charge in [0.2, 0.25) is 5.91 Å². The third-order valence-corrected chi connectivity index (χ3v) is 5.45. The third kappa shape index (κ3) is 3.71. The zero-order chi connectivity index (χ0) is 23.2. The fraction of sp³-hybridized carbons (Fsp3) is 0.136. The molecular weight excluding hydrogens is 442 g/mol. The van der Waals surface area contributed by atoms with Crippen molar-refractivity contribution in [1.82, 2.24) is 13.7 Å². The van der Waals surface area contributed by atoms with E-state index in [1.165, 1.54) is 24.3 Å². The highest BCUT2D eigenvalue weighted by molar-refractivity contribution is 6.31. The van der Waals surface area contributed by atoms with Gasteiger partial charge >= 0.3 is 5.69 Å². The van der Waals surface area contributed by atoms with Crippen LogP contribution in [0.25, 0.3) is 16.7 Å². The summed E-state index contributed by atoms with van der Waals surface area (Å²) in [7, 11) is 1.67. The van der Waals surface area contributed by atoms with Crippen LogP contribution in [0.3, 0.4) is 0 Å². The normalized spacial score (nSPS) is 11.2. The van der Waals surface area contributed by atoms with E-state index in [1.54, 1.807) is 24.6 Å². The zero-order valence-electron chi connectivity index (χ0n) is 17.0. The summed E-state index contributed by atoms with van der Waals surface area (Å²) in [5.41, 5.74) is 0.270. The van der Waals surface area contributed by atoms with Gasteiger partial charge in [0.15, 0.2) is 0 Å². The number of nitrogens with zero attached hydrogens (tertiary/aromatic N) is 3. The molecule has 0 bridgehead atoms. The molecule has 7 nitrogen and oxygen atoms in total. The van der Waals surface area contributed by atoms with Gasteiger partial charge in [0.25, 0.3) is 5.56 Å². The van der Waals surface area contributed by atoms with Crippen LogP contribution in [0.4, 0.5) is 14.5 Å². The first-order valence-corrected chi connectivity index (χ1v) is 9.88. The van der Waals surface area contributed by atoms with E-state index >= 15 is 0 Å². The van der Waals surface area contributed by atoms with Gasteiger partial charge in [-0.15, -0.1) is 0 Å². The van der Waals surface area contributed by atoms with Crippen molar-refractivity contribution in [2.24, 2.45) is 7.05 Å². The van der Waals surface area contributed by atoms with Crippen LogP contribution in [0, 0.1) is 18.6 Å². The number of benzene rings is 2. The Labute approximate surface area is 185 Å². The predicted octanol–water partition coefficient (Wildman–Crippen LogP) is 3.37. The Morgan fingerprint density at radius 3 is 2.41 bits per heavy atom. The van der Waals surface area contributed by atoms with Gasteiger partial charge in [-0.3, -0.25) is 14.2 Å². The number of rotatable bonds is 4. The van der Waals surface area contributed by atoms with Gasteiger partial charge in [0.05, 0.1) is 16.2 Å². The van der Waals surface area contributed by atoms with E-state index in [9.17, 15) is 23.2 Å². The molecule has 0 spiro atoms. The average molecular weight is 459 g/mol. The van der Waals surface area contributed by atoms with Crippen LogP contribution in [0.1, 0.15) is 5.69 Å². The summed E-state index contributed by atoms with van der Waals surface area (Å²) >= 11 is 5.75. The lowest BCUT2D eigenvalue weighted by molar-refractivity contribution is -0.116. The average Bonchev–Trinajstić information content (AvgIpc) is 3.04. The molecule has 0 atom stereocenters. The number of amides is 1. The molecule has 2 heterocycles. The molecule has 4 aromatic rings. The summed E-state index contributed by atoms with van der Waals surface area (Å²) in [6, 6.07) is 10.2. The Kier molecular flexibility index (Phi) is 5.43. The van der Waals surface area contributed by atoms with E-state index in [0.717, 1.165) is 27.3 Å². The van der Waals surface area contributed by atoms with Crippen LogP contribution in [-0.4, -0.2) is 19.6 Å². The summed E-state index contributed by atoms with van der Waals surface area (Å²) in [4.78, 5) is 39.1. The predicted molar refractivity (Wildman–Crippen MR) is 118 cm³/mol. The molecule has 0 radical (unpaired) electrons. The smallest absolute Gasteiger partial charge is 0.336 e. The van der Waals surface area contributed by atoms with E-state index in [4.69, 9.17) is 11.6 Å². The fourth-order valence-electron chi connectivity index (χ4n) is 3.48. The van der Waals surface area contributed by atoms with Crippen molar-refractivity contribution in [3.63, 3.8) is 0 Å². The highest BCUT2D eigenvalue weighted by Crippen LogP contribution is 2.20. The molecule has 1 amide bonds. The molecule has 10 heteroatoms. The Balaban J connectivity index is 1.84. The zero-order valence-corrected chi connectivity index (χ0v) is 17.8. The third-order valence-electron chi connectivity index (χ3n) is 5.16. The fourth-order valence-corrected chi connectivity index (χ4v) is 3.66. The molecule has 0 unspecified atom stereocenters. The second kappa shape index (κ2) is 8.08. The molecular formula is C22H17ClF2N4O3. The number of fused-ring (bicyclic) bond motifs is 1. The van der Waals surface area contributed by atoms with Gasteiger partial charge in [-0.25, -0.2) is 18.1 Å². The second-order valence-electron chi connectivity index (χ2n) is 7.24. The van der Waals surface area contributed by atoms with Crippen molar-refractivity contribution in [3.05, 3.63) is 91.7 Å². The Morgan fingerprint density at radius 1 is 1.06 bits per heavy atom. The maximum Gasteiger partial charge on any atom is 0.336 e. The summed E-state index contributed by atoms with van der Waals surface area (Å²) in [6.45, 7) is 1.34. The van der Waals surface area contributed by atoms with Crippen molar-refractivity contribution in [2.75, 3.05) is 5.32 Å². The summed E-state index contributed by atoms with van der Waals surface area (Å²) in [6.07, 6.45) is 0. The van der Waals surface area contributed by atoms with Crippen LogP contribution in [0.5, 0.6) is 0 Å². The Morgan fingerprint density at radius 2 is 1.75 bits per heavy atom. The number of hydrogen-bond donors (Lipinski definition) is 1. The number of nitrogens with one attached hydrogen (secondary N) is 1. The second-order valence-corrected chi connectivity index (χ2v) is 7.65. The van der Waals surface area contributed by atoms with Crippen molar-refractivity contribution in [1.29, 1.82) is 0 Å². The van der Waals surface area contributed by atoms with E-state index in [0.29, 0.717) is 5.69 Å². The molecule has 1 N–H and O–H groups in total. The summed E-state index contributed by atoms with van der Waals surface area (Å²) < 4.78 is 30.4. The van der Waals surface area contributed by atoms with Gasteiger partial charge < -0.3 is 9.88 Å². The first-order valence-electron chi connectivity index (χ1n) is 9.50. The SMILES string of the molecule is Cc1cc2c(c(=O)n(-c3ccc(F)cc3)c(=O)n2CC(=O)Nc2ccc(F)c(Cl)c2)n1C. The molecule has 0 aliphatic carbocycles. The molecule has 0 aliphatic heterocycles. The van der Waals surface area contributed by atoms with Crippen molar-refractivity contribution in [2.45, 2.75) is 13.5 Å². The number of carbonyl (C=O) groups is 1. The van der Waals surface area contributed by atoms with Crippen LogP contribution in [-0.2, 0) is 18.4 Å². The molecule has 2 aromatic carbocycles. The van der Waals surface area contributed by atoms with Gasteiger partial charge in [0.1, 0.15) is 23.7 Å². The minimum Gasteiger partial charge on any atom is -0.342 e. The molecule has 0 fully saturated rings. The van der Waals surface area contributed by atoms with Crippen molar-refractivity contribution < 1.29 is 13.6 Å². The van der Waals surface area contributed by atoms with Crippen LogP contribution in [0.15, 0.2) is 58.1 Å². The molecule has 0 saturated carbocycles. The molecule has 4 rings (SSSR count). The molecule has 164 valence electrons. The lowest BCUT2D eigenvalue weighted by Gasteiger charge is -2.13. The monoisotopic (exact) mass is 458 g/mol. The molecule has 2 aromatic heterocycles. The van der Waals surface area contributed by atoms with E-state index in [-0.39, 0.29) is 27.4 Å². The number of aromatic nitrogens is 3. The molecule has 32 heavy (non-hydrogen) atoms. The number of halogens is 3. The molecule has 0 aliphatic rings. The van der Waals surface area contributed by atoms with Crippen LogP contribution >= 0.6 is 11.6 Å². The van der Waals surface area contributed by atoms with Crippen LogP contribution < -0.4 is 16.6 Å². The van der Waals surface area contributed by atoms with E-state index < -0.39 is 35.3 Å². The van der Waals surface area contributed by atoms with E-state index in [1.807, 2.05) is 0 Å². The summed E-state index contributed by atoms with van der Waals surface area (Å²) in [5.74, 6) is -1.73. The number of anilines is 1. The minimum absolute atomic E-state index is 0.161. The van der Waals surface area contributed by atoms with Gasteiger partial charge in [-0.1, -0.05) is 11.6 Å². The summed E-state index contributed by atoms with van der Waals surface area (Å²) in [5, 5.41) is 2.40.